The molecule has 1 unspecified atom stereocenters. The second kappa shape index (κ2) is 11.8. The summed E-state index contributed by atoms with van der Waals surface area (Å²) >= 11 is 12.2. The number of carbonyl (C=O) groups is 1. The molecule has 7 nitrogen and oxygen atoms in total. The molecule has 11 heteroatoms. The van der Waals surface area contributed by atoms with Crippen molar-refractivity contribution in [1.82, 2.24) is 14.5 Å². The average molecular weight is 638 g/mol. The monoisotopic (exact) mass is 637 g/mol. The van der Waals surface area contributed by atoms with Gasteiger partial charge in [0, 0.05) is 39.1 Å². The van der Waals surface area contributed by atoms with Crippen molar-refractivity contribution in [2.24, 2.45) is 5.41 Å². The Morgan fingerprint density at radius 1 is 1.05 bits per heavy atom. The van der Waals surface area contributed by atoms with E-state index < -0.39 is 17.6 Å². The van der Waals surface area contributed by atoms with Crippen molar-refractivity contribution in [1.29, 1.82) is 0 Å². The highest BCUT2D eigenvalue weighted by atomic mass is 35.5. The Morgan fingerprint density at radius 3 is 2.59 bits per heavy atom. The van der Waals surface area contributed by atoms with Crippen LogP contribution in [0.4, 0.5) is 8.78 Å². The minimum absolute atomic E-state index is 0.0221. The van der Waals surface area contributed by atoms with Gasteiger partial charge in [-0.05, 0) is 54.1 Å². The van der Waals surface area contributed by atoms with Gasteiger partial charge in [0.1, 0.15) is 24.1 Å². The zero-order valence-electron chi connectivity index (χ0n) is 23.8. The lowest BCUT2D eigenvalue weighted by Gasteiger charge is -2.28. The normalized spacial score (nSPS) is 16.0. The van der Waals surface area contributed by atoms with E-state index in [2.05, 4.69) is 4.98 Å². The van der Waals surface area contributed by atoms with Crippen molar-refractivity contribution in [3.05, 3.63) is 111 Å². The molecule has 0 bridgehead atoms. The standard InChI is InChI=1S/C33H27Cl2F2N3O4/c1-33(2)17-43-16-29(33)40-28-11-18(32(41)42)7-9-27(28)38-30(40)12-20-10-25(37)22(14-24(20)36)26-4-3-5-31(39-26)44-15-19-6-8-21(34)13-23(19)35/h3-11,13-14,29H,12,15-17H2,1-2H3,(H,41,42). The Morgan fingerprint density at radius 2 is 1.86 bits per heavy atom. The summed E-state index contributed by atoms with van der Waals surface area (Å²) in [5, 5.41) is 10.5. The fourth-order valence-corrected chi connectivity index (χ4v) is 5.92. The molecule has 5 aromatic rings. The number of ether oxygens (including phenoxy) is 2. The minimum Gasteiger partial charge on any atom is -0.478 e. The number of aromatic nitrogens is 3. The van der Waals surface area contributed by atoms with E-state index in [4.69, 9.17) is 37.7 Å². The highest BCUT2D eigenvalue weighted by molar-refractivity contribution is 6.35. The van der Waals surface area contributed by atoms with Crippen LogP contribution in [0.25, 0.3) is 22.3 Å². The number of hydrogen-bond donors (Lipinski definition) is 1. The number of rotatable bonds is 8. The summed E-state index contributed by atoms with van der Waals surface area (Å²) in [5.74, 6) is -1.66. The largest absolute Gasteiger partial charge is 0.478 e. The van der Waals surface area contributed by atoms with E-state index in [-0.39, 0.29) is 52.7 Å². The van der Waals surface area contributed by atoms with Gasteiger partial charge >= 0.3 is 5.97 Å². The van der Waals surface area contributed by atoms with E-state index >= 15 is 8.78 Å². The molecule has 0 spiro atoms. The summed E-state index contributed by atoms with van der Waals surface area (Å²) in [4.78, 5) is 20.8. The lowest BCUT2D eigenvalue weighted by atomic mass is 9.87. The predicted octanol–water partition coefficient (Wildman–Crippen LogP) is 8.15. The van der Waals surface area contributed by atoms with Crippen LogP contribution in [0.5, 0.6) is 5.88 Å². The summed E-state index contributed by atoms with van der Waals surface area (Å²) < 4.78 is 44.7. The molecule has 0 aliphatic carbocycles. The van der Waals surface area contributed by atoms with E-state index in [1.165, 1.54) is 6.07 Å². The molecule has 3 heterocycles. The fraction of sp³-hybridized carbons (Fsp3) is 0.242. The number of imidazole rings is 1. The van der Waals surface area contributed by atoms with Crippen LogP contribution in [0.15, 0.2) is 66.7 Å². The third-order valence-electron chi connectivity index (χ3n) is 7.85. The van der Waals surface area contributed by atoms with Crippen LogP contribution in [0, 0.1) is 17.0 Å². The first-order valence-electron chi connectivity index (χ1n) is 13.8. The topological polar surface area (TPSA) is 86.5 Å². The number of aromatic carboxylic acids is 1. The van der Waals surface area contributed by atoms with Gasteiger partial charge in [-0.2, -0.15) is 0 Å². The lowest BCUT2D eigenvalue weighted by molar-refractivity contribution is 0.0697. The first-order valence-corrected chi connectivity index (χ1v) is 14.6. The molecule has 0 saturated carbocycles. The van der Waals surface area contributed by atoms with Gasteiger partial charge in [-0.15, -0.1) is 0 Å². The molecule has 226 valence electrons. The van der Waals surface area contributed by atoms with Gasteiger partial charge in [-0.1, -0.05) is 49.2 Å². The van der Waals surface area contributed by atoms with Gasteiger partial charge < -0.3 is 19.1 Å². The smallest absolute Gasteiger partial charge is 0.335 e. The third kappa shape index (κ3) is 5.87. The van der Waals surface area contributed by atoms with Crippen molar-refractivity contribution >= 4 is 40.2 Å². The molecule has 3 aromatic carbocycles. The quantitative estimate of drug-likeness (QED) is 0.185. The number of pyridine rings is 1. The van der Waals surface area contributed by atoms with Crippen LogP contribution in [-0.2, 0) is 17.8 Å². The minimum atomic E-state index is -1.07. The molecule has 1 aliphatic rings. The highest BCUT2D eigenvalue weighted by Gasteiger charge is 2.39. The number of carboxylic acid groups (broad SMARTS) is 1. The van der Waals surface area contributed by atoms with Crippen molar-refractivity contribution in [2.75, 3.05) is 13.2 Å². The first-order chi connectivity index (χ1) is 21.0. The van der Waals surface area contributed by atoms with Crippen LogP contribution in [0.2, 0.25) is 10.0 Å². The van der Waals surface area contributed by atoms with Gasteiger partial charge in [-0.3, -0.25) is 0 Å². The molecular weight excluding hydrogens is 611 g/mol. The molecule has 0 amide bonds. The molecule has 44 heavy (non-hydrogen) atoms. The number of nitrogens with zero attached hydrogens (tertiary/aromatic N) is 3. The fourth-order valence-electron chi connectivity index (χ4n) is 5.45. The molecule has 1 aliphatic heterocycles. The number of fused-ring (bicyclic) bond motifs is 1. The van der Waals surface area contributed by atoms with Crippen LogP contribution in [0.3, 0.4) is 0 Å². The Hall–Kier alpha value is -4.05. The molecule has 6 rings (SSSR count). The van der Waals surface area contributed by atoms with E-state index in [1.54, 1.807) is 48.5 Å². The van der Waals surface area contributed by atoms with Gasteiger partial charge in [0.2, 0.25) is 5.88 Å². The van der Waals surface area contributed by atoms with E-state index in [0.29, 0.717) is 45.7 Å². The van der Waals surface area contributed by atoms with Crippen molar-refractivity contribution in [3.63, 3.8) is 0 Å². The first kappa shape index (κ1) is 30.0. The van der Waals surface area contributed by atoms with E-state index in [0.717, 1.165) is 12.1 Å². The zero-order chi connectivity index (χ0) is 31.2. The predicted molar refractivity (Wildman–Crippen MR) is 164 cm³/mol. The lowest BCUT2D eigenvalue weighted by Crippen LogP contribution is -2.27. The maximum Gasteiger partial charge on any atom is 0.335 e. The molecule has 1 fully saturated rings. The Labute approximate surface area is 262 Å². The molecule has 2 aromatic heterocycles. The van der Waals surface area contributed by atoms with Gasteiger partial charge in [0.25, 0.3) is 0 Å². The van der Waals surface area contributed by atoms with Crippen LogP contribution >= 0.6 is 23.2 Å². The van der Waals surface area contributed by atoms with Crippen LogP contribution in [-0.4, -0.2) is 38.8 Å². The van der Waals surface area contributed by atoms with Crippen molar-refractivity contribution < 1.29 is 28.2 Å². The second-order valence-electron chi connectivity index (χ2n) is 11.4. The summed E-state index contributed by atoms with van der Waals surface area (Å²) in [6.07, 6.45) is -0.0227. The Bertz CT molecular complexity index is 1910. The number of halogens is 4. The number of hydrogen-bond acceptors (Lipinski definition) is 5. The van der Waals surface area contributed by atoms with Gasteiger partial charge in [0.15, 0.2) is 0 Å². The number of benzene rings is 3. The Balaban J connectivity index is 1.31. The molecule has 1 N–H and O–H groups in total. The SMILES string of the molecule is CC1(C)COCC1n1c(Cc2cc(F)c(-c3cccc(OCc4ccc(Cl)cc4Cl)n3)cc2F)nc2ccc(C(=O)O)cc21. The summed E-state index contributed by atoms with van der Waals surface area (Å²) in [5.41, 5.74) is 1.95. The summed E-state index contributed by atoms with van der Waals surface area (Å²) in [6.45, 7) is 5.08. The molecular formula is C33H27Cl2F2N3O4. The van der Waals surface area contributed by atoms with Crippen molar-refractivity contribution in [3.8, 4) is 17.1 Å². The molecule has 1 saturated heterocycles. The van der Waals surface area contributed by atoms with Crippen LogP contribution < -0.4 is 4.74 Å². The van der Waals surface area contributed by atoms with Crippen molar-refractivity contribution in [2.45, 2.75) is 32.9 Å². The highest BCUT2D eigenvalue weighted by Crippen LogP contribution is 2.40. The maximum atomic E-state index is 15.6. The van der Waals surface area contributed by atoms with E-state index in [9.17, 15) is 9.90 Å². The number of carboxylic acids is 1. The van der Waals surface area contributed by atoms with E-state index in [1.807, 2.05) is 18.4 Å². The summed E-state index contributed by atoms with van der Waals surface area (Å²) in [7, 11) is 0. The van der Waals surface area contributed by atoms with Gasteiger partial charge in [0.05, 0.1) is 41.5 Å². The van der Waals surface area contributed by atoms with Gasteiger partial charge in [-0.25, -0.2) is 23.5 Å². The molecule has 1 atom stereocenters. The Kier molecular flexibility index (Phi) is 8.04. The summed E-state index contributed by atoms with van der Waals surface area (Å²) in [6, 6.07) is 16.6. The maximum absolute atomic E-state index is 15.6. The molecule has 0 radical (unpaired) electrons. The zero-order valence-corrected chi connectivity index (χ0v) is 25.3. The average Bonchev–Trinajstić information content (AvgIpc) is 3.51. The third-order valence-corrected chi connectivity index (χ3v) is 8.43. The van der Waals surface area contributed by atoms with Crippen LogP contribution in [0.1, 0.15) is 47.2 Å². The second-order valence-corrected chi connectivity index (χ2v) is 12.3.